The molecule has 0 saturated heterocycles. The van der Waals surface area contributed by atoms with Gasteiger partial charge in [-0.05, 0) is 61.6 Å². The molecule has 0 bridgehead atoms. The number of imidazole rings is 1. The number of anilines is 1. The van der Waals surface area contributed by atoms with Crippen molar-refractivity contribution < 1.29 is 14.3 Å². The van der Waals surface area contributed by atoms with Crippen LogP contribution in [-0.4, -0.2) is 28.8 Å². The molecule has 1 heterocycles. The van der Waals surface area contributed by atoms with E-state index in [-0.39, 0.29) is 25.8 Å². The maximum atomic E-state index is 13.9. The van der Waals surface area contributed by atoms with Crippen LogP contribution < -0.4 is 9.64 Å². The van der Waals surface area contributed by atoms with Crippen LogP contribution in [-0.2, 0) is 35.5 Å². The highest BCUT2D eigenvalue weighted by Gasteiger charge is 2.23. The van der Waals surface area contributed by atoms with Crippen LogP contribution in [0.25, 0.3) is 11.0 Å². The topological polar surface area (TPSA) is 56.6 Å². The number of carbonyl (C=O) groups is 1. The summed E-state index contributed by atoms with van der Waals surface area (Å²) in [6.07, 6.45) is 3.40. The smallest absolute Gasteiger partial charge is 0.248 e. The molecule has 1 aromatic heterocycles. The van der Waals surface area contributed by atoms with Gasteiger partial charge in [-0.25, -0.2) is 4.98 Å². The molecule has 4 aromatic rings. The molecule has 0 N–H and O–H groups in total. The lowest BCUT2D eigenvalue weighted by molar-refractivity contribution is -0.120. The second kappa shape index (κ2) is 12.4. The second-order valence-corrected chi connectivity index (χ2v) is 8.87. The number of carbonyl (C=O) groups excluding carboxylic acids is 1. The van der Waals surface area contributed by atoms with E-state index in [9.17, 15) is 4.79 Å². The van der Waals surface area contributed by atoms with Crippen LogP contribution in [0.5, 0.6) is 5.75 Å². The monoisotopic (exact) mass is 497 g/mol. The molecule has 0 fully saturated rings. The summed E-state index contributed by atoms with van der Waals surface area (Å²) in [5, 5.41) is 0. The van der Waals surface area contributed by atoms with Crippen LogP contribution in [0.1, 0.15) is 36.4 Å². The molecule has 37 heavy (non-hydrogen) atoms. The fourth-order valence-corrected chi connectivity index (χ4v) is 4.58. The Morgan fingerprint density at radius 3 is 2.57 bits per heavy atom. The molecule has 3 aromatic carbocycles. The third-order valence-electron chi connectivity index (χ3n) is 6.42. The van der Waals surface area contributed by atoms with E-state index in [1.807, 2.05) is 85.2 Å². The predicted octanol–water partition coefficient (Wildman–Crippen LogP) is 6.24. The average Bonchev–Trinajstić information content (AvgIpc) is 3.26. The van der Waals surface area contributed by atoms with Crippen molar-refractivity contribution in [2.45, 2.75) is 46.8 Å². The van der Waals surface area contributed by atoms with Gasteiger partial charge in [-0.3, -0.25) is 9.69 Å². The number of benzene rings is 3. The van der Waals surface area contributed by atoms with E-state index >= 15 is 0 Å². The number of aryl methyl sites for hydroxylation is 2. The number of aromatic nitrogens is 2. The van der Waals surface area contributed by atoms with Gasteiger partial charge in [0.05, 0.1) is 16.7 Å². The third kappa shape index (κ3) is 5.92. The Hall–Kier alpha value is -3.90. The molecule has 4 rings (SSSR count). The zero-order valence-electron chi connectivity index (χ0n) is 21.9. The zero-order chi connectivity index (χ0) is 26.2. The zero-order valence-corrected chi connectivity index (χ0v) is 21.9. The fourth-order valence-electron chi connectivity index (χ4n) is 4.58. The predicted molar refractivity (Wildman–Crippen MR) is 149 cm³/mol. The Labute approximate surface area is 219 Å². The number of fused-ring (bicyclic) bond motifs is 1. The molecule has 6 heteroatoms. The lowest BCUT2D eigenvalue weighted by Crippen LogP contribution is -2.37. The van der Waals surface area contributed by atoms with Crippen molar-refractivity contribution in [2.75, 3.05) is 18.2 Å². The van der Waals surface area contributed by atoms with Gasteiger partial charge in [0.1, 0.15) is 31.5 Å². The van der Waals surface area contributed by atoms with Gasteiger partial charge in [-0.1, -0.05) is 61.5 Å². The van der Waals surface area contributed by atoms with Crippen LogP contribution >= 0.6 is 0 Å². The molecule has 0 saturated carbocycles. The van der Waals surface area contributed by atoms with Crippen molar-refractivity contribution in [3.63, 3.8) is 0 Å². The fraction of sp³-hybridized carbons (Fsp3) is 0.290. The molecule has 6 nitrogen and oxygen atoms in total. The normalized spacial score (nSPS) is 11.0. The number of hydrogen-bond donors (Lipinski definition) is 0. The molecule has 0 spiro atoms. The maximum absolute atomic E-state index is 13.9. The Bertz CT molecular complexity index is 1380. The SMILES string of the molecule is C=CCc1ccccc1OCc1nc2ccccc2n1CC(=O)N(COCC)c1c(C)cccc1CC. The molecule has 0 radical (unpaired) electrons. The molecule has 0 aliphatic carbocycles. The summed E-state index contributed by atoms with van der Waals surface area (Å²) in [6.45, 7) is 11.0. The van der Waals surface area contributed by atoms with Crippen LogP contribution in [0.4, 0.5) is 5.69 Å². The van der Waals surface area contributed by atoms with Crippen molar-refractivity contribution >= 4 is 22.6 Å². The van der Waals surface area contributed by atoms with Crippen molar-refractivity contribution in [3.05, 3.63) is 102 Å². The number of rotatable bonds is 12. The van der Waals surface area contributed by atoms with E-state index in [1.165, 1.54) is 0 Å². The number of amides is 1. The summed E-state index contributed by atoms with van der Waals surface area (Å²) in [7, 11) is 0. The van der Waals surface area contributed by atoms with E-state index in [0.717, 1.165) is 45.6 Å². The van der Waals surface area contributed by atoms with Crippen molar-refractivity contribution in [3.8, 4) is 5.75 Å². The largest absolute Gasteiger partial charge is 0.485 e. The first-order chi connectivity index (χ1) is 18.1. The van der Waals surface area contributed by atoms with Gasteiger partial charge in [0, 0.05) is 6.61 Å². The molecule has 0 unspecified atom stereocenters. The van der Waals surface area contributed by atoms with E-state index in [2.05, 4.69) is 19.6 Å². The summed E-state index contributed by atoms with van der Waals surface area (Å²) in [5.74, 6) is 1.42. The average molecular weight is 498 g/mol. The first kappa shape index (κ1) is 26.2. The maximum Gasteiger partial charge on any atom is 0.248 e. The molecule has 0 atom stereocenters. The van der Waals surface area contributed by atoms with Gasteiger partial charge in [0.25, 0.3) is 0 Å². The van der Waals surface area contributed by atoms with Crippen LogP contribution in [0, 0.1) is 6.92 Å². The summed E-state index contributed by atoms with van der Waals surface area (Å²) in [4.78, 5) is 20.5. The van der Waals surface area contributed by atoms with Crippen LogP contribution in [0.2, 0.25) is 0 Å². The molecule has 0 aliphatic heterocycles. The number of para-hydroxylation sites is 4. The molecule has 1 amide bonds. The second-order valence-electron chi connectivity index (χ2n) is 8.87. The van der Waals surface area contributed by atoms with Gasteiger partial charge in [0.2, 0.25) is 5.91 Å². The van der Waals surface area contributed by atoms with E-state index in [4.69, 9.17) is 14.5 Å². The van der Waals surface area contributed by atoms with Crippen LogP contribution in [0.3, 0.4) is 0 Å². The number of allylic oxidation sites excluding steroid dienone is 1. The minimum absolute atomic E-state index is 0.0612. The molecular formula is C31H35N3O3. The van der Waals surface area contributed by atoms with E-state index < -0.39 is 0 Å². The number of nitrogens with zero attached hydrogens (tertiary/aromatic N) is 3. The summed E-state index contributed by atoms with van der Waals surface area (Å²) >= 11 is 0. The Morgan fingerprint density at radius 1 is 1.03 bits per heavy atom. The van der Waals surface area contributed by atoms with Crippen LogP contribution in [0.15, 0.2) is 79.4 Å². The Morgan fingerprint density at radius 2 is 1.78 bits per heavy atom. The van der Waals surface area contributed by atoms with Gasteiger partial charge < -0.3 is 14.0 Å². The summed E-state index contributed by atoms with van der Waals surface area (Å²) < 4.78 is 13.9. The molecular weight excluding hydrogens is 462 g/mol. The van der Waals surface area contributed by atoms with Gasteiger partial charge in [-0.2, -0.15) is 0 Å². The first-order valence-electron chi connectivity index (χ1n) is 12.8. The van der Waals surface area contributed by atoms with E-state index in [1.54, 1.807) is 4.90 Å². The standard InChI is InChI=1S/C31H35N3O3/c1-5-13-25-15-8-11-19-28(25)37-21-29-32-26-17-9-10-18-27(26)33(29)20-30(35)34(22-36-7-3)31-23(4)14-12-16-24(31)6-2/h5,8-12,14-19H,1,6-7,13,20-22H2,2-4H3. The molecule has 192 valence electrons. The first-order valence-corrected chi connectivity index (χ1v) is 12.8. The Kier molecular flexibility index (Phi) is 8.75. The van der Waals surface area contributed by atoms with Crippen molar-refractivity contribution in [1.29, 1.82) is 0 Å². The number of hydrogen-bond acceptors (Lipinski definition) is 4. The van der Waals surface area contributed by atoms with Gasteiger partial charge in [0.15, 0.2) is 0 Å². The minimum atomic E-state index is -0.0612. The highest BCUT2D eigenvalue weighted by Crippen LogP contribution is 2.27. The highest BCUT2D eigenvalue weighted by molar-refractivity contribution is 5.95. The summed E-state index contributed by atoms with van der Waals surface area (Å²) in [6, 6.07) is 21.9. The van der Waals surface area contributed by atoms with Gasteiger partial charge >= 0.3 is 0 Å². The van der Waals surface area contributed by atoms with Crippen molar-refractivity contribution in [2.24, 2.45) is 0 Å². The highest BCUT2D eigenvalue weighted by atomic mass is 16.5. The summed E-state index contributed by atoms with van der Waals surface area (Å²) in [5.41, 5.74) is 5.87. The third-order valence-corrected chi connectivity index (χ3v) is 6.42. The van der Waals surface area contributed by atoms with Gasteiger partial charge in [-0.15, -0.1) is 6.58 Å². The van der Waals surface area contributed by atoms with E-state index in [0.29, 0.717) is 18.9 Å². The molecule has 0 aliphatic rings. The quantitative estimate of drug-likeness (QED) is 0.172. The lowest BCUT2D eigenvalue weighted by atomic mass is 10.0. The minimum Gasteiger partial charge on any atom is -0.485 e. The van der Waals surface area contributed by atoms with Crippen molar-refractivity contribution in [1.82, 2.24) is 9.55 Å². The Balaban J connectivity index is 1.67. The number of ether oxygens (including phenoxy) is 2. The lowest BCUT2D eigenvalue weighted by Gasteiger charge is -2.27.